The van der Waals surface area contributed by atoms with Crippen LogP contribution in [0.5, 0.6) is 0 Å². The minimum Gasteiger partial charge on any atom is -0.328 e. The second kappa shape index (κ2) is 9.85. The molecule has 0 amide bonds. The largest absolute Gasteiger partial charge is 0.328 e. The first kappa shape index (κ1) is 15.6. The van der Waals surface area contributed by atoms with E-state index in [1.54, 1.807) is 0 Å². The summed E-state index contributed by atoms with van der Waals surface area (Å²) < 4.78 is 0. The maximum atomic E-state index is 7.23. The van der Waals surface area contributed by atoms with Gasteiger partial charge in [-0.25, -0.2) is 0 Å². The molecular weight excluding hydrogens is 169 g/mol. The van der Waals surface area contributed by atoms with Crippen LogP contribution in [-0.2, 0) is 19.5 Å². The second-order valence-electron chi connectivity index (χ2n) is 0.268. The first-order valence-electron chi connectivity index (χ1n) is 0.600. The molecule has 3 nitrogen and oxygen atoms in total. The normalized spacial score (nSPS) is 6.00. The van der Waals surface area contributed by atoms with Crippen LogP contribution in [0.4, 0.5) is 0 Å². The van der Waals surface area contributed by atoms with Gasteiger partial charge in [-0.05, 0) is 0 Å². The number of hydrogen-bond donors (Lipinski definition) is 3. The minimum absolute atomic E-state index is 0. The summed E-state index contributed by atoms with van der Waals surface area (Å²) in [6.07, 6.45) is 0. The summed E-state index contributed by atoms with van der Waals surface area (Å²) in [6.45, 7) is 0. The van der Waals surface area contributed by atoms with Crippen molar-refractivity contribution in [1.29, 1.82) is 0 Å². The second-order valence-corrected chi connectivity index (χ2v) is 0.805. The van der Waals surface area contributed by atoms with Crippen LogP contribution in [0.2, 0.25) is 0 Å². The van der Waals surface area contributed by atoms with Crippen molar-refractivity contribution < 1.29 is 34.2 Å². The van der Waals surface area contributed by atoms with Crippen LogP contribution >= 0.6 is 8.60 Å². The summed E-state index contributed by atoms with van der Waals surface area (Å²) >= 11 is 0. The van der Waals surface area contributed by atoms with Crippen LogP contribution in [0.15, 0.2) is 0 Å². The molecule has 0 unspecified atom stereocenters. The van der Waals surface area contributed by atoms with Crippen LogP contribution in [-0.4, -0.2) is 37.7 Å². The van der Waals surface area contributed by atoms with Crippen molar-refractivity contribution in [3.05, 3.63) is 0 Å². The van der Waals surface area contributed by atoms with Crippen LogP contribution in [0.25, 0.3) is 0 Å². The van der Waals surface area contributed by atoms with Crippen molar-refractivity contribution in [3.63, 3.8) is 0 Å². The molecule has 0 aromatic rings. The molecule has 0 fully saturated rings. The molecule has 0 aliphatic rings. The third kappa shape index (κ3) is 43.6. The van der Waals surface area contributed by atoms with Crippen molar-refractivity contribution in [2.24, 2.45) is 0 Å². The molecule has 0 aliphatic heterocycles. The summed E-state index contributed by atoms with van der Waals surface area (Å²) in [5.74, 6) is 0. The van der Waals surface area contributed by atoms with E-state index in [1.807, 2.05) is 0 Å². The van der Waals surface area contributed by atoms with Gasteiger partial charge >= 0.3 is 31.7 Å². The first-order chi connectivity index (χ1) is 1.73. The molecule has 6 heteroatoms. The summed E-state index contributed by atoms with van der Waals surface area (Å²) in [6, 6.07) is 0. The van der Waals surface area contributed by atoms with Crippen LogP contribution < -0.4 is 0 Å². The molecular formula is H5MgO3PZn. The quantitative estimate of drug-likeness (QED) is 0.302. The van der Waals surface area contributed by atoms with Gasteiger partial charge in [0.15, 0.2) is 0 Å². The van der Waals surface area contributed by atoms with E-state index in [1.165, 1.54) is 0 Å². The molecule has 0 bridgehead atoms. The van der Waals surface area contributed by atoms with Gasteiger partial charge < -0.3 is 14.7 Å². The van der Waals surface area contributed by atoms with Gasteiger partial charge in [0, 0.05) is 19.5 Å². The Morgan fingerprint density at radius 3 is 1.00 bits per heavy atom. The van der Waals surface area contributed by atoms with E-state index in [9.17, 15) is 0 Å². The molecule has 0 radical (unpaired) electrons. The Morgan fingerprint density at radius 1 is 1.00 bits per heavy atom. The summed E-state index contributed by atoms with van der Waals surface area (Å²) in [4.78, 5) is 21.7. The van der Waals surface area contributed by atoms with E-state index in [-0.39, 0.29) is 42.5 Å². The van der Waals surface area contributed by atoms with Gasteiger partial charge in [0.1, 0.15) is 0 Å². The van der Waals surface area contributed by atoms with E-state index in [2.05, 4.69) is 0 Å². The molecule has 0 saturated carbocycles. The predicted octanol–water partition coefficient (Wildman–Crippen LogP) is -1.73. The van der Waals surface area contributed by atoms with Gasteiger partial charge in [0.2, 0.25) is 0 Å². The van der Waals surface area contributed by atoms with Crippen molar-refractivity contribution in [2.75, 3.05) is 0 Å². The Balaban J connectivity index is -0.0000000450. The zero-order chi connectivity index (χ0) is 3.58. The number of rotatable bonds is 0. The molecule has 0 rings (SSSR count). The Kier molecular flexibility index (Phi) is 25.7. The predicted molar refractivity (Wildman–Crippen MR) is 22.1 cm³/mol. The molecule has 0 aromatic carbocycles. The van der Waals surface area contributed by atoms with Crippen molar-refractivity contribution in [2.45, 2.75) is 0 Å². The van der Waals surface area contributed by atoms with Gasteiger partial charge in [-0.2, -0.15) is 0 Å². The molecule has 0 spiro atoms. The standard InChI is InChI=1S/Mg.H3O3P.Zn.2H/c;1-4(2)3;;;/h;1-3H;;;. The average Bonchev–Trinajstić information content (AvgIpc) is 0.811. The SMILES string of the molecule is OP(O)O.[MgH2].[Zn]. The Hall–Kier alpha value is 1.70. The summed E-state index contributed by atoms with van der Waals surface area (Å²) in [7, 11) is -2.62. The van der Waals surface area contributed by atoms with E-state index in [0.29, 0.717) is 0 Å². The Morgan fingerprint density at radius 2 is 1.00 bits per heavy atom. The molecule has 32 valence electrons. The Labute approximate surface area is 65.7 Å². The number of hydrogen-bond acceptors (Lipinski definition) is 3. The summed E-state index contributed by atoms with van der Waals surface area (Å²) in [5, 5.41) is 0. The molecule has 6 heavy (non-hydrogen) atoms. The van der Waals surface area contributed by atoms with Crippen molar-refractivity contribution in [3.8, 4) is 0 Å². The maximum absolute atomic E-state index is 7.23. The minimum atomic E-state index is -2.62. The van der Waals surface area contributed by atoms with Crippen LogP contribution in [0.1, 0.15) is 0 Å². The van der Waals surface area contributed by atoms with Gasteiger partial charge in [-0.3, -0.25) is 0 Å². The average molecular weight is 174 g/mol. The zero-order valence-corrected chi connectivity index (χ0v) is 6.36. The first-order valence-corrected chi connectivity index (χ1v) is 1.80. The fourth-order valence-electron chi connectivity index (χ4n) is 0. The fraction of sp³-hybridized carbons (Fsp3) is 0. The van der Waals surface area contributed by atoms with Crippen molar-refractivity contribution >= 4 is 31.7 Å². The smallest absolute Gasteiger partial charge is 0.324 e. The van der Waals surface area contributed by atoms with E-state index < -0.39 is 8.60 Å². The van der Waals surface area contributed by atoms with Crippen molar-refractivity contribution in [1.82, 2.24) is 0 Å². The third-order valence-corrected chi connectivity index (χ3v) is 0. The topological polar surface area (TPSA) is 60.7 Å². The maximum Gasteiger partial charge on any atom is 0.324 e. The molecule has 0 saturated heterocycles. The Bertz CT molecular complexity index is 15.5. The molecule has 0 heterocycles. The van der Waals surface area contributed by atoms with Crippen LogP contribution in [0, 0.1) is 0 Å². The zero-order valence-electron chi connectivity index (χ0n) is 2.50. The molecule has 0 atom stereocenters. The van der Waals surface area contributed by atoms with E-state index in [4.69, 9.17) is 14.7 Å². The summed E-state index contributed by atoms with van der Waals surface area (Å²) in [5.41, 5.74) is 0. The van der Waals surface area contributed by atoms with E-state index in [0.717, 1.165) is 0 Å². The van der Waals surface area contributed by atoms with Gasteiger partial charge in [0.05, 0.1) is 0 Å². The van der Waals surface area contributed by atoms with E-state index >= 15 is 0 Å². The molecule has 0 aromatic heterocycles. The van der Waals surface area contributed by atoms with Gasteiger partial charge in [-0.15, -0.1) is 0 Å². The molecule has 3 N–H and O–H groups in total. The fourth-order valence-corrected chi connectivity index (χ4v) is 0. The third-order valence-electron chi connectivity index (χ3n) is 0. The molecule has 0 aliphatic carbocycles. The van der Waals surface area contributed by atoms with Gasteiger partial charge in [-0.1, -0.05) is 0 Å². The van der Waals surface area contributed by atoms with Crippen LogP contribution in [0.3, 0.4) is 0 Å². The van der Waals surface area contributed by atoms with Gasteiger partial charge in [0.25, 0.3) is 0 Å². The monoisotopic (exact) mass is 172 g/mol.